The van der Waals surface area contributed by atoms with E-state index in [0.29, 0.717) is 19.4 Å². The van der Waals surface area contributed by atoms with Crippen LogP contribution in [0.2, 0.25) is 0 Å². The number of hydrogen-bond donors (Lipinski definition) is 6. The second-order valence-corrected chi connectivity index (χ2v) is 22.5. The first-order chi connectivity index (χ1) is 37.7. The zero-order valence-corrected chi connectivity index (χ0v) is 49.7. The molecule has 7 atom stereocenters. The number of allylic oxidation sites excluding steroid dienone is 7. The summed E-state index contributed by atoms with van der Waals surface area (Å²) in [4.78, 5) is 25.1. The standard InChI is InChI=1S/C66H121NO10/c1-3-5-7-9-11-13-14-15-16-24-28-31-34-38-42-46-50-54-62(71)75-55-51-47-43-39-35-32-29-26-23-21-19-17-18-20-22-25-27-30-33-37-41-45-49-53-61(70)67-58(59(69)52-48-44-40-36-12-10-8-6-4-2)57-76-66-65(74)64(73)63(72)60(56-68)77-66/h15-17,19-20,22,48,52,58-60,63-66,68-69,72-74H,3-14,18,21,23-47,49-51,53-57H2,1-2H3,(H,67,70)/b16-15-,19-17-,22-20-,52-48+. The quantitative estimate of drug-likeness (QED) is 0.0195. The van der Waals surface area contributed by atoms with Crippen LogP contribution in [0.25, 0.3) is 0 Å². The highest BCUT2D eigenvalue weighted by Gasteiger charge is 2.44. The van der Waals surface area contributed by atoms with Crippen LogP contribution in [0.1, 0.15) is 296 Å². The van der Waals surface area contributed by atoms with Crippen molar-refractivity contribution in [1.29, 1.82) is 0 Å². The van der Waals surface area contributed by atoms with Crippen LogP contribution >= 0.6 is 0 Å². The van der Waals surface area contributed by atoms with Gasteiger partial charge >= 0.3 is 5.97 Å². The van der Waals surface area contributed by atoms with Gasteiger partial charge in [0.25, 0.3) is 0 Å². The molecule has 450 valence electrons. The monoisotopic (exact) mass is 1090 g/mol. The molecular formula is C66H121NO10. The summed E-state index contributed by atoms with van der Waals surface area (Å²) >= 11 is 0. The summed E-state index contributed by atoms with van der Waals surface area (Å²) in [7, 11) is 0. The SMILES string of the molecule is CCCCCCCC/C=C\CCCCCCCCCC(=O)OCCCCCCCCCCC/C=C\C/C=C\CCCCCCCCCC(=O)NC(COC1OC(CO)C(O)C(O)C1O)C(O)/C=C/CCCCCCCCC. The van der Waals surface area contributed by atoms with E-state index in [1.807, 2.05) is 6.08 Å². The third-order valence-corrected chi connectivity index (χ3v) is 15.2. The molecule has 0 radical (unpaired) electrons. The molecule has 1 rings (SSSR count). The molecule has 11 heteroatoms. The molecule has 0 bridgehead atoms. The van der Waals surface area contributed by atoms with Crippen LogP contribution in [-0.4, -0.2) is 100 Å². The van der Waals surface area contributed by atoms with E-state index >= 15 is 0 Å². The van der Waals surface area contributed by atoms with Crippen molar-refractivity contribution < 1.29 is 49.3 Å². The van der Waals surface area contributed by atoms with Gasteiger partial charge in [-0.3, -0.25) is 9.59 Å². The molecule has 11 nitrogen and oxygen atoms in total. The smallest absolute Gasteiger partial charge is 0.305 e. The van der Waals surface area contributed by atoms with Gasteiger partial charge in [0.05, 0.1) is 32.0 Å². The first kappa shape index (κ1) is 72.6. The van der Waals surface area contributed by atoms with Crippen molar-refractivity contribution in [3.63, 3.8) is 0 Å². The molecule has 0 aliphatic carbocycles. The van der Waals surface area contributed by atoms with Gasteiger partial charge in [-0.25, -0.2) is 0 Å². The molecule has 0 aromatic heterocycles. The third kappa shape index (κ3) is 45.0. The molecule has 77 heavy (non-hydrogen) atoms. The number of esters is 1. The fraction of sp³-hybridized carbons (Fsp3) is 0.848. The summed E-state index contributed by atoms with van der Waals surface area (Å²) in [6.45, 7) is 4.30. The molecule has 1 heterocycles. The van der Waals surface area contributed by atoms with E-state index in [2.05, 4.69) is 55.6 Å². The van der Waals surface area contributed by atoms with Crippen molar-refractivity contribution in [2.24, 2.45) is 0 Å². The minimum atomic E-state index is -1.57. The Morgan fingerprint density at radius 2 is 0.870 bits per heavy atom. The van der Waals surface area contributed by atoms with Gasteiger partial charge in [-0.15, -0.1) is 0 Å². The van der Waals surface area contributed by atoms with Crippen LogP contribution in [0.5, 0.6) is 0 Å². The number of nitrogens with one attached hydrogen (secondary N) is 1. The van der Waals surface area contributed by atoms with Crippen LogP contribution in [0, 0.1) is 0 Å². The molecule has 0 spiro atoms. The molecule has 1 aliphatic heterocycles. The maximum atomic E-state index is 13.0. The highest BCUT2D eigenvalue weighted by atomic mass is 16.7. The normalized spacial score (nSPS) is 18.9. The molecule has 1 fully saturated rings. The van der Waals surface area contributed by atoms with Crippen molar-refractivity contribution in [3.8, 4) is 0 Å². The number of amides is 1. The number of aliphatic hydroxyl groups excluding tert-OH is 5. The third-order valence-electron chi connectivity index (χ3n) is 15.2. The molecule has 6 N–H and O–H groups in total. The number of hydrogen-bond acceptors (Lipinski definition) is 10. The van der Waals surface area contributed by atoms with Crippen molar-refractivity contribution in [1.82, 2.24) is 5.32 Å². The number of unbranched alkanes of at least 4 members (excludes halogenated alkanes) is 36. The molecule has 0 aromatic carbocycles. The number of rotatable bonds is 56. The number of ether oxygens (including phenoxy) is 3. The van der Waals surface area contributed by atoms with Gasteiger partial charge in [-0.1, -0.05) is 242 Å². The van der Waals surface area contributed by atoms with Crippen molar-refractivity contribution in [3.05, 3.63) is 48.6 Å². The van der Waals surface area contributed by atoms with Gasteiger partial charge in [0.2, 0.25) is 5.91 Å². The lowest BCUT2D eigenvalue weighted by molar-refractivity contribution is -0.302. The molecule has 1 saturated heterocycles. The summed E-state index contributed by atoms with van der Waals surface area (Å²) in [5, 5.41) is 54.2. The molecular weight excluding hydrogens is 967 g/mol. The van der Waals surface area contributed by atoms with E-state index in [0.717, 1.165) is 83.5 Å². The fourth-order valence-corrected chi connectivity index (χ4v) is 9.99. The van der Waals surface area contributed by atoms with Crippen LogP contribution in [0.3, 0.4) is 0 Å². The Morgan fingerprint density at radius 3 is 1.32 bits per heavy atom. The van der Waals surface area contributed by atoms with Crippen LogP contribution < -0.4 is 5.32 Å². The van der Waals surface area contributed by atoms with Gasteiger partial charge < -0.3 is 45.1 Å². The Labute approximate surface area is 472 Å². The molecule has 1 aliphatic rings. The maximum Gasteiger partial charge on any atom is 0.305 e. The Hall–Kier alpha value is -2.38. The van der Waals surface area contributed by atoms with Crippen molar-refractivity contribution in [2.75, 3.05) is 19.8 Å². The molecule has 0 saturated carbocycles. The van der Waals surface area contributed by atoms with Crippen LogP contribution in [0.15, 0.2) is 48.6 Å². The summed E-state index contributed by atoms with van der Waals surface area (Å²) in [6.07, 6.45) is 60.9. The largest absolute Gasteiger partial charge is 0.466 e. The molecule has 1 amide bonds. The Balaban J connectivity index is 1.99. The number of aliphatic hydroxyl groups is 5. The van der Waals surface area contributed by atoms with Gasteiger partial charge in [0.15, 0.2) is 6.29 Å². The van der Waals surface area contributed by atoms with Gasteiger partial charge in [-0.2, -0.15) is 0 Å². The first-order valence-corrected chi connectivity index (χ1v) is 32.4. The van der Waals surface area contributed by atoms with E-state index in [1.165, 1.54) is 186 Å². The highest BCUT2D eigenvalue weighted by Crippen LogP contribution is 2.23. The molecule has 0 aromatic rings. The van der Waals surface area contributed by atoms with Crippen LogP contribution in [0.4, 0.5) is 0 Å². The Morgan fingerprint density at radius 1 is 0.481 bits per heavy atom. The Bertz CT molecular complexity index is 1420. The summed E-state index contributed by atoms with van der Waals surface area (Å²) in [5.74, 6) is -0.203. The summed E-state index contributed by atoms with van der Waals surface area (Å²) in [5.41, 5.74) is 0. The summed E-state index contributed by atoms with van der Waals surface area (Å²) in [6, 6.07) is -0.817. The van der Waals surface area contributed by atoms with Gasteiger partial charge in [-0.05, 0) is 89.9 Å². The lowest BCUT2D eigenvalue weighted by Crippen LogP contribution is -2.60. The minimum Gasteiger partial charge on any atom is -0.466 e. The lowest BCUT2D eigenvalue weighted by atomic mass is 9.99. The average molecular weight is 1090 g/mol. The molecule has 7 unspecified atom stereocenters. The summed E-state index contributed by atoms with van der Waals surface area (Å²) < 4.78 is 16.7. The number of carbonyl (C=O) groups is 2. The first-order valence-electron chi connectivity index (χ1n) is 32.4. The van der Waals surface area contributed by atoms with Crippen molar-refractivity contribution >= 4 is 11.9 Å². The van der Waals surface area contributed by atoms with E-state index in [9.17, 15) is 35.1 Å². The zero-order chi connectivity index (χ0) is 55.9. The lowest BCUT2D eigenvalue weighted by Gasteiger charge is -2.40. The van der Waals surface area contributed by atoms with E-state index in [1.54, 1.807) is 6.08 Å². The van der Waals surface area contributed by atoms with Gasteiger partial charge in [0.1, 0.15) is 24.4 Å². The van der Waals surface area contributed by atoms with E-state index in [4.69, 9.17) is 14.2 Å². The predicted molar refractivity (Wildman–Crippen MR) is 320 cm³/mol. The van der Waals surface area contributed by atoms with E-state index < -0.39 is 49.5 Å². The van der Waals surface area contributed by atoms with Crippen LogP contribution in [-0.2, 0) is 23.8 Å². The topological polar surface area (TPSA) is 175 Å². The Kier molecular flexibility index (Phi) is 52.4. The zero-order valence-electron chi connectivity index (χ0n) is 49.7. The maximum absolute atomic E-state index is 13.0. The highest BCUT2D eigenvalue weighted by molar-refractivity contribution is 5.76. The predicted octanol–water partition coefficient (Wildman–Crippen LogP) is 15.6. The van der Waals surface area contributed by atoms with Gasteiger partial charge in [0, 0.05) is 12.8 Å². The van der Waals surface area contributed by atoms with Crippen molar-refractivity contribution in [2.45, 2.75) is 339 Å². The second kappa shape index (κ2) is 55.5. The number of carbonyl (C=O) groups excluding carboxylic acids is 2. The average Bonchev–Trinajstić information content (AvgIpc) is 3.43. The minimum absolute atomic E-state index is 0.00838. The second-order valence-electron chi connectivity index (χ2n) is 22.5. The fourth-order valence-electron chi connectivity index (χ4n) is 9.99. The van der Waals surface area contributed by atoms with E-state index in [-0.39, 0.29) is 18.5 Å².